The molecule has 0 radical (unpaired) electrons. The average Bonchev–Trinajstić information content (AvgIpc) is 2.83. The summed E-state index contributed by atoms with van der Waals surface area (Å²) in [6.45, 7) is 3.12. The fourth-order valence-corrected chi connectivity index (χ4v) is 4.81. The Bertz CT molecular complexity index is 594. The van der Waals surface area contributed by atoms with Gasteiger partial charge in [0.25, 0.3) is 10.0 Å². The van der Waals surface area contributed by atoms with Crippen molar-refractivity contribution in [3.8, 4) is 0 Å². The van der Waals surface area contributed by atoms with Gasteiger partial charge in [0.05, 0.1) is 13.2 Å². The highest BCUT2D eigenvalue weighted by molar-refractivity contribution is 9.10. The quantitative estimate of drug-likeness (QED) is 0.547. The van der Waals surface area contributed by atoms with E-state index in [1.807, 2.05) is 4.72 Å². The number of carbonyl (C=O) groups excluding carboxylic acids is 2. The molecular formula is C11H14BrNO6S2. The van der Waals surface area contributed by atoms with Crippen molar-refractivity contribution in [1.82, 2.24) is 4.72 Å². The normalized spacial score (nSPS) is 11.4. The number of carbonyl (C=O) groups is 2. The van der Waals surface area contributed by atoms with E-state index in [1.54, 1.807) is 25.3 Å². The summed E-state index contributed by atoms with van der Waals surface area (Å²) in [5.41, 5.74) is 0. The predicted molar refractivity (Wildman–Crippen MR) is 79.4 cm³/mol. The maximum atomic E-state index is 12.2. The van der Waals surface area contributed by atoms with Gasteiger partial charge in [0.1, 0.15) is 4.21 Å². The van der Waals surface area contributed by atoms with E-state index in [4.69, 9.17) is 0 Å². The summed E-state index contributed by atoms with van der Waals surface area (Å²) < 4.78 is 36.1. The Morgan fingerprint density at radius 3 is 2.19 bits per heavy atom. The Hall–Kier alpha value is -0.970. The minimum atomic E-state index is -4.05. The lowest BCUT2D eigenvalue weighted by Crippen LogP contribution is -2.48. The zero-order valence-corrected chi connectivity index (χ0v) is 14.5. The van der Waals surface area contributed by atoms with E-state index in [0.29, 0.717) is 4.47 Å². The van der Waals surface area contributed by atoms with Crippen LogP contribution in [0.15, 0.2) is 20.1 Å². The predicted octanol–water partition coefficient (Wildman–Crippen LogP) is 1.28. The molecule has 0 atom stereocenters. The first-order valence-corrected chi connectivity index (χ1v) is 9.07. The Kier molecular flexibility index (Phi) is 6.78. The molecule has 0 aromatic carbocycles. The van der Waals surface area contributed by atoms with Crippen LogP contribution in [0.2, 0.25) is 0 Å². The second-order valence-corrected chi connectivity index (χ2v) is 7.29. The number of hydrogen-bond acceptors (Lipinski definition) is 7. The summed E-state index contributed by atoms with van der Waals surface area (Å²) in [7, 11) is -4.05. The smallest absolute Gasteiger partial charge is 0.335 e. The molecule has 0 unspecified atom stereocenters. The summed E-state index contributed by atoms with van der Waals surface area (Å²) >= 11 is 4.03. The average molecular weight is 400 g/mol. The zero-order valence-electron chi connectivity index (χ0n) is 11.3. The summed E-state index contributed by atoms with van der Waals surface area (Å²) in [5.74, 6) is -2.01. The van der Waals surface area contributed by atoms with E-state index >= 15 is 0 Å². The molecule has 0 aliphatic rings. The highest BCUT2D eigenvalue weighted by Gasteiger charge is 2.35. The summed E-state index contributed by atoms with van der Waals surface area (Å²) in [6.07, 6.45) is 0. The fraction of sp³-hybridized carbons (Fsp3) is 0.455. The third-order valence-electron chi connectivity index (χ3n) is 2.15. The maximum Gasteiger partial charge on any atom is 0.335 e. The molecule has 1 rings (SSSR count). The van der Waals surface area contributed by atoms with Gasteiger partial charge in [-0.05, 0) is 41.2 Å². The Morgan fingerprint density at radius 1 is 1.29 bits per heavy atom. The second-order valence-electron chi connectivity index (χ2n) is 3.61. The van der Waals surface area contributed by atoms with Gasteiger partial charge in [-0.15, -0.1) is 11.3 Å². The van der Waals surface area contributed by atoms with Gasteiger partial charge in [-0.1, -0.05) is 0 Å². The Balaban J connectivity index is 3.03. The van der Waals surface area contributed by atoms with E-state index in [2.05, 4.69) is 25.4 Å². The number of thiophene rings is 1. The molecule has 0 saturated heterocycles. The topological polar surface area (TPSA) is 98.8 Å². The third kappa shape index (κ3) is 4.77. The number of esters is 2. The van der Waals surface area contributed by atoms with Gasteiger partial charge in [-0.25, -0.2) is 18.0 Å². The van der Waals surface area contributed by atoms with Crippen molar-refractivity contribution in [2.45, 2.75) is 24.1 Å². The molecule has 1 N–H and O–H groups in total. The lowest BCUT2D eigenvalue weighted by Gasteiger charge is -2.15. The first-order chi connectivity index (χ1) is 9.83. The van der Waals surface area contributed by atoms with Gasteiger partial charge in [0.15, 0.2) is 0 Å². The first-order valence-electron chi connectivity index (χ1n) is 5.92. The lowest BCUT2D eigenvalue weighted by molar-refractivity contribution is -0.157. The number of nitrogens with one attached hydrogen (secondary N) is 1. The number of sulfonamides is 1. The van der Waals surface area contributed by atoms with Crippen molar-refractivity contribution >= 4 is 49.2 Å². The van der Waals surface area contributed by atoms with E-state index in [1.165, 1.54) is 0 Å². The maximum absolute atomic E-state index is 12.2. The van der Waals surface area contributed by atoms with Crippen molar-refractivity contribution in [3.05, 3.63) is 15.9 Å². The molecule has 0 fully saturated rings. The molecule has 0 aliphatic heterocycles. The molecule has 1 heterocycles. The zero-order chi connectivity index (χ0) is 16.0. The van der Waals surface area contributed by atoms with Crippen LogP contribution in [0.25, 0.3) is 0 Å². The first kappa shape index (κ1) is 18.1. The molecular weight excluding hydrogens is 386 g/mol. The summed E-state index contributed by atoms with van der Waals surface area (Å²) in [5, 5.41) is 1.56. The van der Waals surface area contributed by atoms with Crippen LogP contribution in [-0.4, -0.2) is 39.6 Å². The van der Waals surface area contributed by atoms with Crippen LogP contribution in [0.1, 0.15) is 13.8 Å². The van der Waals surface area contributed by atoms with Crippen molar-refractivity contribution in [1.29, 1.82) is 0 Å². The molecule has 0 spiro atoms. The Labute approximate surface area is 134 Å². The molecule has 0 bridgehead atoms. The Morgan fingerprint density at radius 2 is 1.81 bits per heavy atom. The van der Waals surface area contributed by atoms with Crippen LogP contribution in [0, 0.1) is 0 Å². The van der Waals surface area contributed by atoms with Crippen LogP contribution >= 0.6 is 27.3 Å². The van der Waals surface area contributed by atoms with Crippen LogP contribution in [-0.2, 0) is 29.1 Å². The highest BCUT2D eigenvalue weighted by Crippen LogP contribution is 2.27. The van der Waals surface area contributed by atoms with Gasteiger partial charge in [-0.3, -0.25) is 0 Å². The van der Waals surface area contributed by atoms with Crippen LogP contribution in [0.5, 0.6) is 0 Å². The van der Waals surface area contributed by atoms with Crippen molar-refractivity contribution in [3.63, 3.8) is 0 Å². The molecule has 1 aromatic rings. The molecule has 0 amide bonds. The van der Waals surface area contributed by atoms with Gasteiger partial charge in [0.2, 0.25) is 6.04 Å². The molecule has 21 heavy (non-hydrogen) atoms. The van der Waals surface area contributed by atoms with Crippen molar-refractivity contribution in [2.75, 3.05) is 13.2 Å². The molecule has 10 heteroatoms. The number of rotatable bonds is 7. The minimum absolute atomic E-state index is 0.0131. The summed E-state index contributed by atoms with van der Waals surface area (Å²) in [6, 6.07) is -0.188. The molecule has 7 nitrogen and oxygen atoms in total. The van der Waals surface area contributed by atoms with Crippen molar-refractivity contribution < 1.29 is 27.5 Å². The van der Waals surface area contributed by atoms with Crippen LogP contribution in [0.3, 0.4) is 0 Å². The number of hydrogen-bond donors (Lipinski definition) is 1. The van der Waals surface area contributed by atoms with E-state index in [9.17, 15) is 18.0 Å². The van der Waals surface area contributed by atoms with Gasteiger partial charge in [-0.2, -0.15) is 4.72 Å². The number of ether oxygens (including phenoxy) is 2. The lowest BCUT2D eigenvalue weighted by atomic mass is 10.3. The molecule has 118 valence electrons. The minimum Gasteiger partial charge on any atom is -0.464 e. The van der Waals surface area contributed by atoms with Crippen LogP contribution < -0.4 is 4.72 Å². The second kappa shape index (κ2) is 7.87. The third-order valence-corrected chi connectivity index (χ3v) is 6.24. The molecule has 1 aromatic heterocycles. The highest BCUT2D eigenvalue weighted by atomic mass is 79.9. The van der Waals surface area contributed by atoms with E-state index in [0.717, 1.165) is 11.3 Å². The standard InChI is InChI=1S/C11H14BrNO6S2/c1-3-18-9(14)8(10(15)19-4-2)13-21(16,17)11-7(12)5-6-20-11/h5-6,8,13H,3-4H2,1-2H3. The van der Waals surface area contributed by atoms with E-state index in [-0.39, 0.29) is 17.4 Å². The largest absolute Gasteiger partial charge is 0.464 e. The van der Waals surface area contributed by atoms with Gasteiger partial charge in [0, 0.05) is 4.47 Å². The number of halogens is 1. The summed E-state index contributed by atoms with van der Waals surface area (Å²) in [4.78, 5) is 23.5. The molecule has 0 aliphatic carbocycles. The van der Waals surface area contributed by atoms with E-state index < -0.39 is 28.0 Å². The fourth-order valence-electron chi connectivity index (χ4n) is 1.32. The molecule has 0 saturated carbocycles. The van der Waals surface area contributed by atoms with Gasteiger partial charge >= 0.3 is 11.9 Å². The SMILES string of the molecule is CCOC(=O)C(NS(=O)(=O)c1sccc1Br)C(=O)OCC. The van der Waals surface area contributed by atoms with Gasteiger partial charge < -0.3 is 9.47 Å². The van der Waals surface area contributed by atoms with Crippen LogP contribution in [0.4, 0.5) is 0 Å². The monoisotopic (exact) mass is 399 g/mol. The van der Waals surface area contributed by atoms with Crippen molar-refractivity contribution in [2.24, 2.45) is 0 Å².